The summed E-state index contributed by atoms with van der Waals surface area (Å²) < 4.78 is 3.95. The molecule has 4 rings (SSSR count). The molecule has 0 atom stereocenters. The van der Waals surface area contributed by atoms with Gasteiger partial charge in [-0.15, -0.1) is 0 Å². The minimum Gasteiger partial charge on any atom is -0.337 e. The molecule has 0 aliphatic heterocycles. The van der Waals surface area contributed by atoms with Gasteiger partial charge in [0.05, 0.1) is 11.8 Å². The minimum absolute atomic E-state index is 0.225. The standard InChI is InChI=1S/C22H23N5O/c1-4-10-26-13-18(23-14-26)21-25-20(19-7-5-6-11-27(19)21)22(28)24-17-12-15(2)8-9-16(17)3/h5-9,11-14H,4,10H2,1-3H3,(H,24,28). The second kappa shape index (κ2) is 7.31. The molecule has 0 bridgehead atoms. The molecule has 0 saturated heterocycles. The average molecular weight is 373 g/mol. The number of nitrogens with zero attached hydrogens (tertiary/aromatic N) is 4. The number of carbonyl (C=O) groups excluding carboxylic acids is 1. The van der Waals surface area contributed by atoms with E-state index < -0.39 is 0 Å². The Morgan fingerprint density at radius 2 is 2.04 bits per heavy atom. The van der Waals surface area contributed by atoms with Crippen molar-refractivity contribution in [1.29, 1.82) is 0 Å². The van der Waals surface area contributed by atoms with Crippen molar-refractivity contribution >= 4 is 17.1 Å². The molecule has 28 heavy (non-hydrogen) atoms. The highest BCUT2D eigenvalue weighted by Gasteiger charge is 2.20. The highest BCUT2D eigenvalue weighted by atomic mass is 16.1. The SMILES string of the molecule is CCCn1cnc(-c2nc(C(=O)Nc3cc(C)ccc3C)c3ccccn23)c1. The molecule has 6 heteroatoms. The van der Waals surface area contributed by atoms with Gasteiger partial charge in [-0.05, 0) is 49.6 Å². The van der Waals surface area contributed by atoms with Crippen molar-refractivity contribution in [3.63, 3.8) is 0 Å². The number of hydrogen-bond donors (Lipinski definition) is 1. The number of rotatable bonds is 5. The third-order valence-electron chi connectivity index (χ3n) is 4.75. The highest BCUT2D eigenvalue weighted by Crippen LogP contribution is 2.23. The predicted octanol–water partition coefficient (Wildman–Crippen LogP) is 4.48. The van der Waals surface area contributed by atoms with E-state index in [1.165, 1.54) is 0 Å². The number of hydrogen-bond acceptors (Lipinski definition) is 3. The van der Waals surface area contributed by atoms with Gasteiger partial charge < -0.3 is 9.88 Å². The molecule has 142 valence electrons. The molecule has 6 nitrogen and oxygen atoms in total. The van der Waals surface area contributed by atoms with Crippen molar-refractivity contribution < 1.29 is 4.79 Å². The Morgan fingerprint density at radius 3 is 2.86 bits per heavy atom. The zero-order valence-corrected chi connectivity index (χ0v) is 16.3. The van der Waals surface area contributed by atoms with Gasteiger partial charge in [0.25, 0.3) is 5.91 Å². The van der Waals surface area contributed by atoms with Crippen LogP contribution < -0.4 is 5.32 Å². The van der Waals surface area contributed by atoms with E-state index in [0.717, 1.165) is 41.0 Å². The molecule has 1 N–H and O–H groups in total. The quantitative estimate of drug-likeness (QED) is 0.561. The van der Waals surface area contributed by atoms with Crippen LogP contribution in [0.15, 0.2) is 55.1 Å². The summed E-state index contributed by atoms with van der Waals surface area (Å²) in [4.78, 5) is 22.2. The number of carbonyl (C=O) groups is 1. The van der Waals surface area contributed by atoms with Crippen LogP contribution in [0.3, 0.4) is 0 Å². The summed E-state index contributed by atoms with van der Waals surface area (Å²) in [6.45, 7) is 7.01. The van der Waals surface area contributed by atoms with E-state index in [9.17, 15) is 4.79 Å². The first-order valence-corrected chi connectivity index (χ1v) is 9.44. The molecule has 3 aromatic heterocycles. The van der Waals surface area contributed by atoms with E-state index in [4.69, 9.17) is 0 Å². The van der Waals surface area contributed by atoms with Gasteiger partial charge in [0.2, 0.25) is 0 Å². The van der Waals surface area contributed by atoms with Gasteiger partial charge in [0.1, 0.15) is 5.69 Å². The predicted molar refractivity (Wildman–Crippen MR) is 111 cm³/mol. The first kappa shape index (κ1) is 18.0. The zero-order valence-electron chi connectivity index (χ0n) is 16.3. The Kier molecular flexibility index (Phi) is 4.69. The molecular formula is C22H23N5O. The fourth-order valence-corrected chi connectivity index (χ4v) is 3.29. The molecule has 0 saturated carbocycles. The number of benzene rings is 1. The largest absolute Gasteiger partial charge is 0.337 e. The summed E-state index contributed by atoms with van der Waals surface area (Å²) in [7, 11) is 0. The van der Waals surface area contributed by atoms with Gasteiger partial charge >= 0.3 is 0 Å². The smallest absolute Gasteiger partial charge is 0.276 e. The monoisotopic (exact) mass is 373 g/mol. The molecule has 0 radical (unpaired) electrons. The van der Waals surface area contributed by atoms with Crippen LogP contribution in [0.2, 0.25) is 0 Å². The summed E-state index contributed by atoms with van der Waals surface area (Å²) in [5, 5.41) is 3.01. The lowest BCUT2D eigenvalue weighted by molar-refractivity contribution is 0.102. The first-order chi connectivity index (χ1) is 13.6. The number of anilines is 1. The number of aromatic nitrogens is 4. The summed E-state index contributed by atoms with van der Waals surface area (Å²) in [6.07, 6.45) is 6.71. The fourth-order valence-electron chi connectivity index (χ4n) is 3.29. The Morgan fingerprint density at radius 1 is 1.18 bits per heavy atom. The Bertz CT molecular complexity index is 1150. The molecular weight excluding hydrogens is 350 g/mol. The Balaban J connectivity index is 1.75. The second-order valence-electron chi connectivity index (χ2n) is 7.01. The average Bonchev–Trinajstić information content (AvgIpc) is 3.29. The first-order valence-electron chi connectivity index (χ1n) is 9.44. The van der Waals surface area contributed by atoms with E-state index in [1.807, 2.05) is 71.6 Å². The van der Waals surface area contributed by atoms with Gasteiger partial charge in [-0.25, -0.2) is 9.97 Å². The van der Waals surface area contributed by atoms with E-state index in [2.05, 4.69) is 22.2 Å². The number of amides is 1. The fraction of sp³-hybridized carbons (Fsp3) is 0.227. The van der Waals surface area contributed by atoms with Crippen LogP contribution in [0.4, 0.5) is 5.69 Å². The topological polar surface area (TPSA) is 64.2 Å². The van der Waals surface area contributed by atoms with E-state index in [1.54, 1.807) is 6.33 Å². The lowest BCUT2D eigenvalue weighted by Gasteiger charge is -2.08. The van der Waals surface area contributed by atoms with Crippen molar-refractivity contribution in [2.75, 3.05) is 5.32 Å². The van der Waals surface area contributed by atoms with Crippen molar-refractivity contribution in [2.24, 2.45) is 0 Å². The van der Waals surface area contributed by atoms with Gasteiger partial charge in [0, 0.05) is 24.6 Å². The lowest BCUT2D eigenvalue weighted by Crippen LogP contribution is -2.13. The van der Waals surface area contributed by atoms with Gasteiger partial charge in [-0.3, -0.25) is 9.20 Å². The molecule has 0 unspecified atom stereocenters. The number of imidazole rings is 2. The minimum atomic E-state index is -0.225. The van der Waals surface area contributed by atoms with Crippen LogP contribution in [0.25, 0.3) is 17.0 Å². The molecule has 0 spiro atoms. The maximum Gasteiger partial charge on any atom is 0.276 e. The van der Waals surface area contributed by atoms with Crippen LogP contribution in [0.5, 0.6) is 0 Å². The summed E-state index contributed by atoms with van der Waals surface area (Å²) >= 11 is 0. The molecule has 0 aliphatic rings. The molecule has 0 fully saturated rings. The summed E-state index contributed by atoms with van der Waals surface area (Å²) in [5.74, 6) is 0.438. The van der Waals surface area contributed by atoms with Gasteiger partial charge in [-0.1, -0.05) is 25.1 Å². The highest BCUT2D eigenvalue weighted by molar-refractivity contribution is 6.08. The van der Waals surface area contributed by atoms with Gasteiger partial charge in [0.15, 0.2) is 11.5 Å². The lowest BCUT2D eigenvalue weighted by atomic mass is 10.1. The third-order valence-corrected chi connectivity index (χ3v) is 4.75. The molecule has 0 aliphatic carbocycles. The second-order valence-corrected chi connectivity index (χ2v) is 7.01. The van der Waals surface area contributed by atoms with Crippen molar-refractivity contribution in [2.45, 2.75) is 33.7 Å². The van der Waals surface area contributed by atoms with Crippen LogP contribution in [0.1, 0.15) is 35.0 Å². The van der Waals surface area contributed by atoms with Crippen LogP contribution in [0, 0.1) is 13.8 Å². The van der Waals surface area contributed by atoms with Crippen molar-refractivity contribution in [3.8, 4) is 11.5 Å². The number of nitrogens with one attached hydrogen (secondary N) is 1. The van der Waals surface area contributed by atoms with E-state index in [0.29, 0.717) is 11.5 Å². The summed E-state index contributed by atoms with van der Waals surface area (Å²) in [6, 6.07) is 11.7. The van der Waals surface area contributed by atoms with E-state index >= 15 is 0 Å². The summed E-state index contributed by atoms with van der Waals surface area (Å²) in [5.41, 5.74) is 4.81. The van der Waals surface area contributed by atoms with Crippen LogP contribution in [-0.4, -0.2) is 24.8 Å². The molecule has 1 aromatic carbocycles. The Hall–Kier alpha value is -3.41. The third kappa shape index (κ3) is 3.29. The van der Waals surface area contributed by atoms with Crippen molar-refractivity contribution in [1.82, 2.24) is 18.9 Å². The number of aryl methyl sites for hydroxylation is 3. The number of fused-ring (bicyclic) bond motifs is 1. The van der Waals surface area contributed by atoms with E-state index in [-0.39, 0.29) is 5.91 Å². The normalized spacial score (nSPS) is 11.1. The van der Waals surface area contributed by atoms with Crippen LogP contribution >= 0.6 is 0 Å². The molecule has 3 heterocycles. The number of pyridine rings is 1. The van der Waals surface area contributed by atoms with Crippen molar-refractivity contribution in [3.05, 3.63) is 71.9 Å². The zero-order chi connectivity index (χ0) is 19.7. The van der Waals surface area contributed by atoms with Crippen LogP contribution in [-0.2, 0) is 6.54 Å². The molecule has 1 amide bonds. The maximum absolute atomic E-state index is 13.0. The molecule has 4 aromatic rings. The van der Waals surface area contributed by atoms with Gasteiger partial charge in [-0.2, -0.15) is 0 Å². The maximum atomic E-state index is 13.0. The Labute approximate surface area is 163 Å².